The molecule has 0 bridgehead atoms. The van der Waals surface area contributed by atoms with E-state index in [1.54, 1.807) is 0 Å². The van der Waals surface area contributed by atoms with E-state index in [0.717, 1.165) is 29.7 Å². The molecule has 1 aromatic rings. The van der Waals surface area contributed by atoms with Crippen LogP contribution in [-0.2, 0) is 6.42 Å². The first-order valence-electron chi connectivity index (χ1n) is 5.62. The van der Waals surface area contributed by atoms with Crippen molar-refractivity contribution in [2.24, 2.45) is 0 Å². The number of hydrogen-bond acceptors (Lipinski definition) is 2. The van der Waals surface area contributed by atoms with E-state index in [1.807, 2.05) is 18.4 Å². The number of nitrogens with one attached hydrogen (secondary N) is 1. The fourth-order valence-electron chi connectivity index (χ4n) is 1.56. The first kappa shape index (κ1) is 13.5. The monoisotopic (exact) mass is 259 g/mol. The second-order valence-corrected chi connectivity index (χ2v) is 5.13. The van der Waals surface area contributed by atoms with Crippen LogP contribution in [0.3, 0.4) is 0 Å². The number of amides is 1. The fraction of sp³-hybridized carbons (Fsp3) is 0.583. The molecule has 4 heteroatoms. The van der Waals surface area contributed by atoms with E-state index in [2.05, 4.69) is 12.2 Å². The molecule has 0 aliphatic heterocycles. The van der Waals surface area contributed by atoms with E-state index in [1.165, 1.54) is 11.3 Å². The van der Waals surface area contributed by atoms with Crippen LogP contribution in [0.4, 0.5) is 0 Å². The number of aryl methyl sites for hydroxylation is 1. The van der Waals surface area contributed by atoms with Gasteiger partial charge in [0.25, 0.3) is 5.91 Å². The van der Waals surface area contributed by atoms with Crippen LogP contribution in [0.5, 0.6) is 0 Å². The Morgan fingerprint density at radius 1 is 1.62 bits per heavy atom. The molecule has 16 heavy (non-hydrogen) atoms. The molecule has 0 aromatic carbocycles. The van der Waals surface area contributed by atoms with Crippen LogP contribution < -0.4 is 5.32 Å². The van der Waals surface area contributed by atoms with E-state index in [4.69, 9.17) is 11.6 Å². The van der Waals surface area contributed by atoms with Crippen molar-refractivity contribution < 1.29 is 4.79 Å². The fourth-order valence-corrected chi connectivity index (χ4v) is 2.61. The highest BCUT2D eigenvalue weighted by atomic mass is 35.5. The van der Waals surface area contributed by atoms with E-state index < -0.39 is 0 Å². The maximum Gasteiger partial charge on any atom is 0.261 e. The Bertz CT molecular complexity index is 338. The lowest BCUT2D eigenvalue weighted by atomic mass is 10.1. The Morgan fingerprint density at radius 2 is 2.38 bits per heavy atom. The van der Waals surface area contributed by atoms with Gasteiger partial charge in [-0.3, -0.25) is 4.79 Å². The molecule has 1 heterocycles. The molecule has 1 amide bonds. The lowest BCUT2D eigenvalue weighted by Crippen LogP contribution is -2.32. The predicted molar refractivity (Wildman–Crippen MR) is 70.6 cm³/mol. The molecule has 0 aliphatic carbocycles. The highest BCUT2D eigenvalue weighted by Crippen LogP contribution is 2.17. The molecular weight excluding hydrogens is 242 g/mol. The van der Waals surface area contributed by atoms with Crippen LogP contribution in [0.15, 0.2) is 11.4 Å². The highest BCUT2D eigenvalue weighted by molar-refractivity contribution is 7.12. The van der Waals surface area contributed by atoms with Crippen molar-refractivity contribution >= 4 is 28.8 Å². The van der Waals surface area contributed by atoms with Crippen LogP contribution in [-0.4, -0.2) is 17.8 Å². The number of hydrogen-bond donors (Lipinski definition) is 1. The van der Waals surface area contributed by atoms with Gasteiger partial charge < -0.3 is 5.32 Å². The molecule has 1 aromatic heterocycles. The Balaban J connectivity index is 2.52. The molecule has 0 aliphatic rings. The Morgan fingerprint density at radius 3 is 3.00 bits per heavy atom. The maximum absolute atomic E-state index is 11.9. The second-order valence-electron chi connectivity index (χ2n) is 3.83. The van der Waals surface area contributed by atoms with E-state index in [9.17, 15) is 4.79 Å². The van der Waals surface area contributed by atoms with Gasteiger partial charge >= 0.3 is 0 Å². The number of halogens is 1. The van der Waals surface area contributed by atoms with Crippen LogP contribution in [0, 0.1) is 0 Å². The molecule has 90 valence electrons. The number of rotatable bonds is 6. The zero-order chi connectivity index (χ0) is 12.0. The van der Waals surface area contributed by atoms with Crippen molar-refractivity contribution in [3.8, 4) is 0 Å². The minimum Gasteiger partial charge on any atom is -0.349 e. The smallest absolute Gasteiger partial charge is 0.261 e. The third-order valence-electron chi connectivity index (χ3n) is 2.48. The number of carbonyl (C=O) groups excluding carboxylic acids is 1. The molecule has 0 fully saturated rings. The van der Waals surface area contributed by atoms with Crippen molar-refractivity contribution in [2.75, 3.05) is 5.88 Å². The summed E-state index contributed by atoms with van der Waals surface area (Å²) >= 11 is 7.13. The summed E-state index contributed by atoms with van der Waals surface area (Å²) in [5.41, 5.74) is 1.13. The van der Waals surface area contributed by atoms with Crippen LogP contribution in [0.2, 0.25) is 0 Å². The van der Waals surface area contributed by atoms with Gasteiger partial charge in [0, 0.05) is 11.9 Å². The number of carbonyl (C=O) groups is 1. The van der Waals surface area contributed by atoms with Crippen molar-refractivity contribution in [3.63, 3.8) is 0 Å². The van der Waals surface area contributed by atoms with Gasteiger partial charge in [0.05, 0.1) is 4.88 Å². The standard InChI is InChI=1S/C12H18ClNOS/c1-3-10-6-8-16-11(10)12(15)14-9(2)5-4-7-13/h6,8-9H,3-5,7H2,1-2H3,(H,14,15). The molecule has 1 atom stereocenters. The molecule has 1 rings (SSSR count). The molecule has 2 nitrogen and oxygen atoms in total. The van der Waals surface area contributed by atoms with Gasteiger partial charge in [-0.15, -0.1) is 22.9 Å². The van der Waals surface area contributed by atoms with Gasteiger partial charge in [0.2, 0.25) is 0 Å². The van der Waals surface area contributed by atoms with Crippen LogP contribution >= 0.6 is 22.9 Å². The second kappa shape index (κ2) is 6.92. The first-order valence-corrected chi connectivity index (χ1v) is 7.03. The summed E-state index contributed by atoms with van der Waals surface area (Å²) in [6.07, 6.45) is 2.78. The third-order valence-corrected chi connectivity index (χ3v) is 3.70. The molecule has 0 saturated carbocycles. The Labute approximate surface area is 106 Å². The van der Waals surface area contributed by atoms with E-state index in [-0.39, 0.29) is 11.9 Å². The normalized spacial score (nSPS) is 12.4. The van der Waals surface area contributed by atoms with Gasteiger partial charge in [-0.05, 0) is 43.2 Å². The minimum atomic E-state index is 0.0499. The van der Waals surface area contributed by atoms with Crippen molar-refractivity contribution in [1.29, 1.82) is 0 Å². The zero-order valence-corrected chi connectivity index (χ0v) is 11.3. The van der Waals surface area contributed by atoms with Crippen molar-refractivity contribution in [2.45, 2.75) is 39.2 Å². The SMILES string of the molecule is CCc1ccsc1C(=O)NC(C)CCCCl. The van der Waals surface area contributed by atoms with Gasteiger partial charge in [0.15, 0.2) is 0 Å². The Hall–Kier alpha value is -0.540. The molecule has 0 spiro atoms. The lowest BCUT2D eigenvalue weighted by Gasteiger charge is -2.12. The van der Waals surface area contributed by atoms with E-state index >= 15 is 0 Å². The third kappa shape index (κ3) is 3.80. The first-order chi connectivity index (χ1) is 7.69. The molecule has 1 N–H and O–H groups in total. The predicted octanol–water partition coefficient (Wildman–Crippen LogP) is 3.45. The summed E-state index contributed by atoms with van der Waals surface area (Å²) in [4.78, 5) is 12.8. The van der Waals surface area contributed by atoms with Gasteiger partial charge in [-0.1, -0.05) is 6.92 Å². The van der Waals surface area contributed by atoms with Crippen LogP contribution in [0.1, 0.15) is 41.9 Å². The number of thiophene rings is 1. The quantitative estimate of drug-likeness (QED) is 0.779. The topological polar surface area (TPSA) is 29.1 Å². The molecular formula is C12H18ClNOS. The molecule has 0 saturated heterocycles. The highest BCUT2D eigenvalue weighted by Gasteiger charge is 2.13. The van der Waals surface area contributed by atoms with Gasteiger partial charge in [-0.25, -0.2) is 0 Å². The van der Waals surface area contributed by atoms with Crippen molar-refractivity contribution in [3.05, 3.63) is 21.9 Å². The van der Waals surface area contributed by atoms with Crippen molar-refractivity contribution in [1.82, 2.24) is 5.32 Å². The summed E-state index contributed by atoms with van der Waals surface area (Å²) < 4.78 is 0. The summed E-state index contributed by atoms with van der Waals surface area (Å²) in [5.74, 6) is 0.702. The Kier molecular flexibility index (Phi) is 5.85. The maximum atomic E-state index is 11.9. The largest absolute Gasteiger partial charge is 0.349 e. The summed E-state index contributed by atoms with van der Waals surface area (Å²) in [5, 5.41) is 4.97. The summed E-state index contributed by atoms with van der Waals surface area (Å²) in [6.45, 7) is 4.08. The average Bonchev–Trinajstić information content (AvgIpc) is 2.74. The van der Waals surface area contributed by atoms with Crippen LogP contribution in [0.25, 0.3) is 0 Å². The molecule has 1 unspecified atom stereocenters. The van der Waals surface area contributed by atoms with Gasteiger partial charge in [0.1, 0.15) is 0 Å². The number of alkyl halides is 1. The summed E-state index contributed by atoms with van der Waals surface area (Å²) in [7, 11) is 0. The zero-order valence-electron chi connectivity index (χ0n) is 9.75. The summed E-state index contributed by atoms with van der Waals surface area (Å²) in [6, 6.07) is 2.21. The minimum absolute atomic E-state index is 0.0499. The van der Waals surface area contributed by atoms with Gasteiger partial charge in [-0.2, -0.15) is 0 Å². The van der Waals surface area contributed by atoms with E-state index in [0.29, 0.717) is 5.88 Å². The molecule has 0 radical (unpaired) electrons. The average molecular weight is 260 g/mol. The lowest BCUT2D eigenvalue weighted by molar-refractivity contribution is 0.0941.